The van der Waals surface area contributed by atoms with E-state index in [2.05, 4.69) is 22.2 Å². The minimum atomic E-state index is -0.263. The molecule has 7 nitrogen and oxygen atoms in total. The summed E-state index contributed by atoms with van der Waals surface area (Å²) in [6.45, 7) is 2.06. The van der Waals surface area contributed by atoms with Crippen molar-refractivity contribution in [3.63, 3.8) is 0 Å². The number of aromatic nitrogens is 1. The third-order valence-corrected chi connectivity index (χ3v) is 4.81. The molecule has 1 aromatic carbocycles. The molecule has 1 N–H and O–H groups in total. The van der Waals surface area contributed by atoms with Crippen molar-refractivity contribution in [2.75, 3.05) is 39.7 Å². The highest BCUT2D eigenvalue weighted by molar-refractivity contribution is 6.02. The summed E-state index contributed by atoms with van der Waals surface area (Å²) in [5, 5.41) is 2.79. The summed E-state index contributed by atoms with van der Waals surface area (Å²) in [5.74, 6) is 1.66. The van der Waals surface area contributed by atoms with E-state index >= 15 is 0 Å². The standard InChI is InChI=1S/C22H27N3O4/c1-25-12-10-18(11-13-25)29-22-9-5-17(15-23-22)24-21(26)8-4-16-14-19(27-2)6-7-20(16)28-3/h4-9,14-15,18H,10-13H2,1-3H3,(H,24,26)/b8-4+. The number of nitrogens with one attached hydrogen (secondary N) is 1. The van der Waals surface area contributed by atoms with Gasteiger partial charge in [0.15, 0.2) is 0 Å². The number of nitrogens with zero attached hydrogens (tertiary/aromatic N) is 2. The molecule has 1 aliphatic heterocycles. The van der Waals surface area contributed by atoms with Gasteiger partial charge in [-0.05, 0) is 50.2 Å². The van der Waals surface area contributed by atoms with Gasteiger partial charge in [-0.2, -0.15) is 0 Å². The third-order valence-electron chi connectivity index (χ3n) is 4.81. The SMILES string of the molecule is COc1ccc(OC)c(/C=C/C(=O)Nc2ccc(OC3CCN(C)CC3)nc2)c1. The molecule has 0 radical (unpaired) electrons. The number of ether oxygens (including phenoxy) is 3. The lowest BCUT2D eigenvalue weighted by Gasteiger charge is -2.28. The summed E-state index contributed by atoms with van der Waals surface area (Å²) in [6, 6.07) is 8.97. The Morgan fingerprint density at radius 2 is 1.97 bits per heavy atom. The molecule has 0 spiro atoms. The van der Waals surface area contributed by atoms with Crippen LogP contribution in [-0.2, 0) is 4.79 Å². The number of likely N-dealkylation sites (tertiary alicyclic amines) is 1. The molecule has 0 saturated carbocycles. The maximum absolute atomic E-state index is 12.2. The molecule has 2 heterocycles. The van der Waals surface area contributed by atoms with Gasteiger partial charge in [0.25, 0.3) is 0 Å². The molecule has 1 amide bonds. The van der Waals surface area contributed by atoms with Crippen LogP contribution >= 0.6 is 0 Å². The van der Waals surface area contributed by atoms with Gasteiger partial charge in [0.1, 0.15) is 17.6 Å². The van der Waals surface area contributed by atoms with Crippen LogP contribution < -0.4 is 19.5 Å². The van der Waals surface area contributed by atoms with E-state index in [4.69, 9.17) is 14.2 Å². The number of pyridine rings is 1. The normalized spacial score (nSPS) is 15.3. The predicted molar refractivity (Wildman–Crippen MR) is 113 cm³/mol. The fraction of sp³-hybridized carbons (Fsp3) is 0.364. The van der Waals surface area contributed by atoms with Crippen molar-refractivity contribution in [2.24, 2.45) is 0 Å². The van der Waals surface area contributed by atoms with Gasteiger partial charge in [-0.25, -0.2) is 4.98 Å². The van der Waals surface area contributed by atoms with Gasteiger partial charge in [-0.15, -0.1) is 0 Å². The van der Waals surface area contributed by atoms with Gasteiger partial charge in [0, 0.05) is 30.8 Å². The minimum absolute atomic E-state index is 0.194. The van der Waals surface area contributed by atoms with E-state index in [1.807, 2.05) is 0 Å². The zero-order chi connectivity index (χ0) is 20.6. The lowest BCUT2D eigenvalue weighted by Crippen LogP contribution is -2.35. The van der Waals surface area contributed by atoms with Gasteiger partial charge in [-0.3, -0.25) is 4.79 Å². The zero-order valence-electron chi connectivity index (χ0n) is 17.1. The highest BCUT2D eigenvalue weighted by Crippen LogP contribution is 2.25. The van der Waals surface area contributed by atoms with Crippen LogP contribution in [0, 0.1) is 0 Å². The molecule has 1 saturated heterocycles. The highest BCUT2D eigenvalue weighted by Gasteiger charge is 2.18. The van der Waals surface area contributed by atoms with Crippen molar-refractivity contribution in [1.82, 2.24) is 9.88 Å². The second-order valence-corrected chi connectivity index (χ2v) is 6.94. The molecule has 0 unspecified atom stereocenters. The molecule has 1 fully saturated rings. The van der Waals surface area contributed by atoms with Crippen LogP contribution in [0.1, 0.15) is 18.4 Å². The van der Waals surface area contributed by atoms with E-state index < -0.39 is 0 Å². The van der Waals surface area contributed by atoms with E-state index in [0.29, 0.717) is 23.1 Å². The molecule has 1 aromatic heterocycles. The Hall–Kier alpha value is -3.06. The van der Waals surface area contributed by atoms with Crippen molar-refractivity contribution in [2.45, 2.75) is 18.9 Å². The second-order valence-electron chi connectivity index (χ2n) is 6.94. The van der Waals surface area contributed by atoms with E-state index in [1.165, 1.54) is 6.08 Å². The van der Waals surface area contributed by atoms with Crippen molar-refractivity contribution >= 4 is 17.7 Å². The average Bonchev–Trinajstić information content (AvgIpc) is 2.75. The first-order chi connectivity index (χ1) is 14.1. The Kier molecular flexibility index (Phi) is 7.08. The first-order valence-corrected chi connectivity index (χ1v) is 9.59. The number of hydrogen-bond acceptors (Lipinski definition) is 6. The number of anilines is 1. The molecule has 0 bridgehead atoms. The molecular formula is C22H27N3O4. The summed E-state index contributed by atoms with van der Waals surface area (Å²) in [7, 11) is 5.29. The zero-order valence-corrected chi connectivity index (χ0v) is 17.1. The van der Waals surface area contributed by atoms with Crippen molar-refractivity contribution in [3.8, 4) is 17.4 Å². The summed E-state index contributed by atoms with van der Waals surface area (Å²) < 4.78 is 16.5. The summed E-state index contributed by atoms with van der Waals surface area (Å²) in [4.78, 5) is 18.8. The number of methoxy groups -OCH3 is 2. The first kappa shape index (κ1) is 20.7. The first-order valence-electron chi connectivity index (χ1n) is 9.59. The Labute approximate surface area is 171 Å². The lowest BCUT2D eigenvalue weighted by molar-refractivity contribution is -0.111. The lowest BCUT2D eigenvalue weighted by atomic mass is 10.1. The van der Waals surface area contributed by atoms with Gasteiger partial charge < -0.3 is 24.4 Å². The highest BCUT2D eigenvalue weighted by atomic mass is 16.5. The van der Waals surface area contributed by atoms with E-state index in [9.17, 15) is 4.79 Å². The topological polar surface area (TPSA) is 72.9 Å². The van der Waals surface area contributed by atoms with Crippen LogP contribution in [0.2, 0.25) is 0 Å². The van der Waals surface area contributed by atoms with E-state index in [0.717, 1.165) is 31.5 Å². The van der Waals surface area contributed by atoms with Crippen LogP contribution in [-0.4, -0.2) is 56.3 Å². The molecule has 0 aliphatic carbocycles. The number of hydrogen-bond donors (Lipinski definition) is 1. The molecular weight excluding hydrogens is 370 g/mol. The largest absolute Gasteiger partial charge is 0.497 e. The monoisotopic (exact) mass is 397 g/mol. The van der Waals surface area contributed by atoms with Crippen molar-refractivity contribution in [1.29, 1.82) is 0 Å². The fourth-order valence-corrected chi connectivity index (χ4v) is 3.12. The van der Waals surface area contributed by atoms with Crippen LogP contribution in [0.15, 0.2) is 42.6 Å². The Balaban J connectivity index is 1.56. The van der Waals surface area contributed by atoms with Crippen LogP contribution in [0.4, 0.5) is 5.69 Å². The van der Waals surface area contributed by atoms with Crippen molar-refractivity contribution in [3.05, 3.63) is 48.2 Å². The van der Waals surface area contributed by atoms with Gasteiger partial charge in [0.05, 0.1) is 26.1 Å². The maximum atomic E-state index is 12.2. The number of carbonyl (C=O) groups excluding carboxylic acids is 1. The summed E-state index contributed by atoms with van der Waals surface area (Å²) in [6.07, 6.45) is 6.91. The van der Waals surface area contributed by atoms with Gasteiger partial charge in [-0.1, -0.05) is 0 Å². The number of benzene rings is 1. The Morgan fingerprint density at radius 3 is 2.62 bits per heavy atom. The van der Waals surface area contributed by atoms with E-state index in [-0.39, 0.29) is 12.0 Å². The average molecular weight is 397 g/mol. The third kappa shape index (κ3) is 5.96. The number of carbonyl (C=O) groups is 1. The van der Waals surface area contributed by atoms with Crippen LogP contribution in [0.25, 0.3) is 6.08 Å². The number of piperidine rings is 1. The van der Waals surface area contributed by atoms with Crippen LogP contribution in [0.3, 0.4) is 0 Å². The maximum Gasteiger partial charge on any atom is 0.248 e. The number of amides is 1. The molecule has 29 heavy (non-hydrogen) atoms. The molecule has 1 aliphatic rings. The smallest absolute Gasteiger partial charge is 0.248 e. The Bertz CT molecular complexity index is 844. The fourth-order valence-electron chi connectivity index (χ4n) is 3.12. The number of rotatable bonds is 7. The Morgan fingerprint density at radius 1 is 1.17 bits per heavy atom. The van der Waals surface area contributed by atoms with Gasteiger partial charge in [0.2, 0.25) is 11.8 Å². The molecule has 154 valence electrons. The molecule has 3 rings (SSSR count). The molecule has 0 atom stereocenters. The molecule has 7 heteroatoms. The second kappa shape index (κ2) is 9.93. The predicted octanol–water partition coefficient (Wildman–Crippen LogP) is 3.22. The minimum Gasteiger partial charge on any atom is -0.497 e. The molecule has 2 aromatic rings. The van der Waals surface area contributed by atoms with Crippen LogP contribution in [0.5, 0.6) is 17.4 Å². The van der Waals surface area contributed by atoms with Gasteiger partial charge >= 0.3 is 0 Å². The summed E-state index contributed by atoms with van der Waals surface area (Å²) >= 11 is 0. The van der Waals surface area contributed by atoms with Crippen molar-refractivity contribution < 1.29 is 19.0 Å². The summed E-state index contributed by atoms with van der Waals surface area (Å²) in [5.41, 5.74) is 1.36. The quantitative estimate of drug-likeness (QED) is 0.724. The van der Waals surface area contributed by atoms with E-state index in [1.54, 1.807) is 56.8 Å².